The maximum atomic E-state index is 12.6. The third-order valence-electron chi connectivity index (χ3n) is 4.13. The minimum atomic E-state index is -0.183. The van der Waals surface area contributed by atoms with E-state index in [1.807, 2.05) is 54.6 Å². The zero-order valence-corrected chi connectivity index (χ0v) is 15.4. The van der Waals surface area contributed by atoms with Crippen molar-refractivity contribution in [2.75, 3.05) is 11.9 Å². The van der Waals surface area contributed by atoms with Crippen molar-refractivity contribution in [3.05, 3.63) is 82.0 Å². The lowest BCUT2D eigenvalue weighted by Gasteiger charge is -2.17. The van der Waals surface area contributed by atoms with Crippen LogP contribution in [0.15, 0.2) is 70.8 Å². The van der Waals surface area contributed by atoms with E-state index in [2.05, 4.69) is 26.3 Å². The van der Waals surface area contributed by atoms with Gasteiger partial charge in [0.05, 0.1) is 18.3 Å². The lowest BCUT2D eigenvalue weighted by Crippen LogP contribution is -2.23. The Morgan fingerprint density at radius 1 is 1.15 bits per heavy atom. The van der Waals surface area contributed by atoms with Gasteiger partial charge in [-0.3, -0.25) is 4.79 Å². The van der Waals surface area contributed by atoms with Crippen LogP contribution >= 0.6 is 15.9 Å². The van der Waals surface area contributed by atoms with E-state index in [9.17, 15) is 4.79 Å². The summed E-state index contributed by atoms with van der Waals surface area (Å²) in [5, 5.41) is 7.23. The third-order valence-corrected chi connectivity index (χ3v) is 4.66. The molecular formula is C20H16BrN3O2. The Morgan fingerprint density at radius 3 is 2.81 bits per heavy atom. The van der Waals surface area contributed by atoms with Gasteiger partial charge in [-0.2, -0.15) is 5.10 Å². The molecule has 2 heterocycles. The van der Waals surface area contributed by atoms with Crippen LogP contribution in [0.5, 0.6) is 5.75 Å². The molecule has 5 nitrogen and oxygen atoms in total. The van der Waals surface area contributed by atoms with Crippen LogP contribution in [-0.4, -0.2) is 22.3 Å². The van der Waals surface area contributed by atoms with Gasteiger partial charge in [0.15, 0.2) is 0 Å². The zero-order valence-electron chi connectivity index (χ0n) is 13.9. The molecule has 0 spiro atoms. The van der Waals surface area contributed by atoms with Crippen LogP contribution in [0.1, 0.15) is 11.1 Å². The molecule has 130 valence electrons. The van der Waals surface area contributed by atoms with Crippen LogP contribution in [0.4, 0.5) is 5.82 Å². The maximum absolute atomic E-state index is 12.6. The number of halogens is 1. The van der Waals surface area contributed by atoms with E-state index in [0.717, 1.165) is 21.3 Å². The van der Waals surface area contributed by atoms with Crippen molar-refractivity contribution in [1.29, 1.82) is 0 Å². The number of nitrogens with one attached hydrogen (secondary N) is 1. The van der Waals surface area contributed by atoms with Gasteiger partial charge in [-0.15, -0.1) is 0 Å². The summed E-state index contributed by atoms with van der Waals surface area (Å²) in [5.74, 6) is 1.26. The molecule has 0 atom stereocenters. The molecule has 1 amide bonds. The maximum Gasteiger partial charge on any atom is 0.256 e. The van der Waals surface area contributed by atoms with Crippen molar-refractivity contribution in [2.24, 2.45) is 0 Å². The molecule has 0 aliphatic carbocycles. The Bertz CT molecular complexity index is 977. The van der Waals surface area contributed by atoms with E-state index >= 15 is 0 Å². The molecule has 1 aliphatic heterocycles. The van der Waals surface area contributed by atoms with Gasteiger partial charge in [-0.1, -0.05) is 46.3 Å². The normalized spacial score (nSPS) is 12.7. The standard InChI is InChI=1S/C20H16BrN3O2/c21-17-7-5-14(6-8-17)12-24-19(9-10-22-24)23-20(25)16-11-15-3-1-2-4-18(15)26-13-16/h1-11H,12-13H2,(H,23,25). The Labute approximate surface area is 159 Å². The first-order valence-electron chi connectivity index (χ1n) is 8.19. The van der Waals surface area contributed by atoms with Gasteiger partial charge in [0.25, 0.3) is 5.91 Å². The quantitative estimate of drug-likeness (QED) is 0.705. The second-order valence-electron chi connectivity index (χ2n) is 5.95. The predicted molar refractivity (Wildman–Crippen MR) is 104 cm³/mol. The molecule has 4 rings (SSSR count). The van der Waals surface area contributed by atoms with Crippen LogP contribution in [0, 0.1) is 0 Å². The minimum Gasteiger partial charge on any atom is -0.488 e. The van der Waals surface area contributed by atoms with Gasteiger partial charge < -0.3 is 10.1 Å². The molecule has 26 heavy (non-hydrogen) atoms. The molecule has 2 aromatic carbocycles. The van der Waals surface area contributed by atoms with Gasteiger partial charge in [-0.25, -0.2) is 4.68 Å². The van der Waals surface area contributed by atoms with Crippen molar-refractivity contribution in [3.8, 4) is 5.75 Å². The number of amides is 1. The van der Waals surface area contributed by atoms with Crippen LogP contribution in [-0.2, 0) is 11.3 Å². The summed E-state index contributed by atoms with van der Waals surface area (Å²) >= 11 is 3.43. The van der Waals surface area contributed by atoms with E-state index in [0.29, 0.717) is 17.9 Å². The second-order valence-corrected chi connectivity index (χ2v) is 6.87. The Kier molecular flexibility index (Phi) is 4.58. The summed E-state index contributed by atoms with van der Waals surface area (Å²) in [4.78, 5) is 12.6. The smallest absolute Gasteiger partial charge is 0.256 e. The first kappa shape index (κ1) is 16.6. The van der Waals surface area contributed by atoms with Gasteiger partial charge in [-0.05, 0) is 29.8 Å². The number of hydrogen-bond acceptors (Lipinski definition) is 3. The van der Waals surface area contributed by atoms with Gasteiger partial charge in [0.2, 0.25) is 0 Å². The number of carbonyl (C=O) groups is 1. The SMILES string of the molecule is O=C(Nc1ccnn1Cc1ccc(Br)cc1)C1=Cc2ccccc2OC1. The molecule has 0 unspecified atom stereocenters. The summed E-state index contributed by atoms with van der Waals surface area (Å²) < 4.78 is 8.45. The molecule has 6 heteroatoms. The predicted octanol–water partition coefficient (Wildman–Crippen LogP) is 4.11. The Balaban J connectivity index is 1.50. The van der Waals surface area contributed by atoms with E-state index in [1.54, 1.807) is 16.9 Å². The number of para-hydroxylation sites is 1. The highest BCUT2D eigenvalue weighted by atomic mass is 79.9. The first-order chi connectivity index (χ1) is 12.7. The van der Waals surface area contributed by atoms with Crippen molar-refractivity contribution in [1.82, 2.24) is 9.78 Å². The number of carbonyl (C=O) groups excluding carboxylic acids is 1. The molecule has 1 aliphatic rings. The lowest BCUT2D eigenvalue weighted by molar-refractivity contribution is -0.113. The average molecular weight is 410 g/mol. The fraction of sp³-hybridized carbons (Fsp3) is 0.100. The van der Waals surface area contributed by atoms with Crippen molar-refractivity contribution in [3.63, 3.8) is 0 Å². The van der Waals surface area contributed by atoms with E-state index < -0.39 is 0 Å². The molecule has 3 aromatic rings. The number of rotatable bonds is 4. The number of aromatic nitrogens is 2. The number of ether oxygens (including phenoxy) is 1. The molecule has 0 saturated heterocycles. The first-order valence-corrected chi connectivity index (χ1v) is 8.98. The summed E-state index contributed by atoms with van der Waals surface area (Å²) in [6.07, 6.45) is 3.54. The van der Waals surface area contributed by atoms with Crippen molar-refractivity contribution in [2.45, 2.75) is 6.54 Å². The molecule has 0 saturated carbocycles. The number of nitrogens with zero attached hydrogens (tertiary/aromatic N) is 2. The van der Waals surface area contributed by atoms with Crippen molar-refractivity contribution < 1.29 is 9.53 Å². The van der Waals surface area contributed by atoms with Gasteiger partial charge >= 0.3 is 0 Å². The summed E-state index contributed by atoms with van der Waals surface area (Å²) in [6, 6.07) is 17.5. The number of fused-ring (bicyclic) bond motifs is 1. The van der Waals surface area contributed by atoms with Crippen LogP contribution < -0.4 is 10.1 Å². The molecule has 1 N–H and O–H groups in total. The number of anilines is 1. The fourth-order valence-electron chi connectivity index (χ4n) is 2.77. The average Bonchev–Trinajstić information content (AvgIpc) is 3.10. The summed E-state index contributed by atoms with van der Waals surface area (Å²) in [5.41, 5.74) is 2.59. The highest BCUT2D eigenvalue weighted by Crippen LogP contribution is 2.26. The van der Waals surface area contributed by atoms with E-state index in [-0.39, 0.29) is 12.5 Å². The Hall–Kier alpha value is -2.86. The second kappa shape index (κ2) is 7.17. The highest BCUT2D eigenvalue weighted by Gasteiger charge is 2.18. The molecule has 0 fully saturated rings. The lowest BCUT2D eigenvalue weighted by atomic mass is 10.1. The van der Waals surface area contributed by atoms with Crippen LogP contribution in [0.2, 0.25) is 0 Å². The highest BCUT2D eigenvalue weighted by molar-refractivity contribution is 9.10. The van der Waals surface area contributed by atoms with E-state index in [1.165, 1.54) is 0 Å². The largest absolute Gasteiger partial charge is 0.488 e. The third kappa shape index (κ3) is 3.55. The van der Waals surface area contributed by atoms with Gasteiger partial charge in [0.1, 0.15) is 18.2 Å². The zero-order chi connectivity index (χ0) is 17.9. The molecule has 0 bridgehead atoms. The summed E-state index contributed by atoms with van der Waals surface area (Å²) in [7, 11) is 0. The topological polar surface area (TPSA) is 56.2 Å². The van der Waals surface area contributed by atoms with Crippen LogP contribution in [0.3, 0.4) is 0 Å². The summed E-state index contributed by atoms with van der Waals surface area (Å²) in [6.45, 7) is 0.831. The number of hydrogen-bond donors (Lipinski definition) is 1. The monoisotopic (exact) mass is 409 g/mol. The van der Waals surface area contributed by atoms with Crippen molar-refractivity contribution >= 4 is 33.7 Å². The van der Waals surface area contributed by atoms with Crippen LogP contribution in [0.25, 0.3) is 6.08 Å². The van der Waals surface area contributed by atoms with E-state index in [4.69, 9.17) is 4.74 Å². The molecule has 1 aromatic heterocycles. The number of benzene rings is 2. The fourth-order valence-corrected chi connectivity index (χ4v) is 3.04. The molecule has 0 radical (unpaired) electrons. The van der Waals surface area contributed by atoms with Gasteiger partial charge in [0, 0.05) is 16.1 Å². The Morgan fingerprint density at radius 2 is 1.96 bits per heavy atom. The minimum absolute atomic E-state index is 0.183. The molecular weight excluding hydrogens is 394 g/mol.